The SMILES string of the molecule is O=C1N(Cc2cccc(F)c2)CCCN1c1ccc(C(=O)N2CCc3ccccc32)cc1. The summed E-state index contributed by atoms with van der Waals surface area (Å²) in [5, 5.41) is 0. The minimum Gasteiger partial charge on any atom is -0.320 e. The van der Waals surface area contributed by atoms with Crippen LogP contribution in [0.2, 0.25) is 0 Å². The van der Waals surface area contributed by atoms with Crippen LogP contribution < -0.4 is 9.80 Å². The van der Waals surface area contributed by atoms with Gasteiger partial charge in [-0.15, -0.1) is 0 Å². The van der Waals surface area contributed by atoms with Gasteiger partial charge >= 0.3 is 6.03 Å². The van der Waals surface area contributed by atoms with Crippen LogP contribution in [0.1, 0.15) is 27.9 Å². The fourth-order valence-electron chi connectivity index (χ4n) is 4.51. The van der Waals surface area contributed by atoms with E-state index in [1.807, 2.05) is 41.3 Å². The molecule has 2 heterocycles. The average Bonchev–Trinajstić information content (AvgIpc) is 3.24. The summed E-state index contributed by atoms with van der Waals surface area (Å²) in [5.41, 5.74) is 4.30. The molecule has 0 saturated carbocycles. The maximum Gasteiger partial charge on any atom is 0.324 e. The summed E-state index contributed by atoms with van der Waals surface area (Å²) in [6, 6.07) is 21.5. The largest absolute Gasteiger partial charge is 0.324 e. The molecule has 5 rings (SSSR count). The van der Waals surface area contributed by atoms with Crippen molar-refractivity contribution >= 4 is 23.3 Å². The van der Waals surface area contributed by atoms with E-state index in [0.717, 1.165) is 29.8 Å². The highest BCUT2D eigenvalue weighted by molar-refractivity contribution is 6.07. The smallest absolute Gasteiger partial charge is 0.320 e. The molecule has 162 valence electrons. The first kappa shape index (κ1) is 20.2. The van der Waals surface area contributed by atoms with E-state index in [1.54, 1.807) is 28.0 Å². The first-order valence-electron chi connectivity index (χ1n) is 10.9. The number of rotatable bonds is 4. The van der Waals surface area contributed by atoms with E-state index in [1.165, 1.54) is 17.7 Å². The number of para-hydroxylation sites is 1. The number of nitrogens with zero attached hydrogens (tertiary/aromatic N) is 3. The van der Waals surface area contributed by atoms with Gasteiger partial charge in [0.1, 0.15) is 5.82 Å². The lowest BCUT2D eigenvalue weighted by Gasteiger charge is -2.35. The molecule has 0 aromatic heterocycles. The second-order valence-electron chi connectivity index (χ2n) is 8.22. The number of fused-ring (bicyclic) bond motifs is 1. The summed E-state index contributed by atoms with van der Waals surface area (Å²) in [6.07, 6.45) is 1.69. The van der Waals surface area contributed by atoms with Crippen molar-refractivity contribution in [3.63, 3.8) is 0 Å². The van der Waals surface area contributed by atoms with E-state index < -0.39 is 0 Å². The molecule has 0 spiro atoms. The van der Waals surface area contributed by atoms with Gasteiger partial charge in [0, 0.05) is 43.1 Å². The van der Waals surface area contributed by atoms with E-state index in [0.29, 0.717) is 31.7 Å². The lowest BCUT2D eigenvalue weighted by Crippen LogP contribution is -2.49. The molecule has 0 radical (unpaired) electrons. The molecule has 0 atom stereocenters. The van der Waals surface area contributed by atoms with E-state index >= 15 is 0 Å². The quantitative estimate of drug-likeness (QED) is 0.595. The lowest BCUT2D eigenvalue weighted by atomic mass is 10.1. The number of hydrogen-bond donors (Lipinski definition) is 0. The molecular formula is C26H24FN3O2. The molecular weight excluding hydrogens is 405 g/mol. The topological polar surface area (TPSA) is 43.9 Å². The summed E-state index contributed by atoms with van der Waals surface area (Å²) < 4.78 is 13.5. The van der Waals surface area contributed by atoms with Crippen LogP contribution in [-0.4, -0.2) is 36.5 Å². The van der Waals surface area contributed by atoms with Crippen LogP contribution in [0.3, 0.4) is 0 Å². The van der Waals surface area contributed by atoms with E-state index in [2.05, 4.69) is 6.07 Å². The highest BCUT2D eigenvalue weighted by Crippen LogP contribution is 2.29. The number of urea groups is 1. The fourth-order valence-corrected chi connectivity index (χ4v) is 4.51. The van der Waals surface area contributed by atoms with E-state index in [4.69, 9.17) is 0 Å². The Kier molecular flexibility index (Phi) is 5.35. The van der Waals surface area contributed by atoms with E-state index in [9.17, 15) is 14.0 Å². The predicted molar refractivity (Wildman–Crippen MR) is 122 cm³/mol. The van der Waals surface area contributed by atoms with Gasteiger partial charge < -0.3 is 9.80 Å². The first-order valence-corrected chi connectivity index (χ1v) is 10.9. The maximum absolute atomic E-state index is 13.5. The number of halogens is 1. The molecule has 32 heavy (non-hydrogen) atoms. The molecule has 0 bridgehead atoms. The van der Waals surface area contributed by atoms with Gasteiger partial charge in [-0.25, -0.2) is 9.18 Å². The summed E-state index contributed by atoms with van der Waals surface area (Å²) in [7, 11) is 0. The Hall–Kier alpha value is -3.67. The number of benzene rings is 3. The third kappa shape index (κ3) is 3.84. The van der Waals surface area contributed by atoms with Crippen LogP contribution in [0.25, 0.3) is 0 Å². The number of carbonyl (C=O) groups excluding carboxylic acids is 2. The van der Waals surface area contributed by atoms with Gasteiger partial charge in [0.05, 0.1) is 0 Å². The minimum absolute atomic E-state index is 0.0285. The van der Waals surface area contributed by atoms with Crippen LogP contribution in [0.4, 0.5) is 20.6 Å². The molecule has 6 heteroatoms. The number of carbonyl (C=O) groups is 2. The highest BCUT2D eigenvalue weighted by Gasteiger charge is 2.28. The summed E-state index contributed by atoms with van der Waals surface area (Å²) >= 11 is 0. The molecule has 1 saturated heterocycles. The molecule has 0 aliphatic carbocycles. The van der Waals surface area contributed by atoms with Crippen LogP contribution in [0.15, 0.2) is 72.8 Å². The van der Waals surface area contributed by atoms with Crippen LogP contribution >= 0.6 is 0 Å². The van der Waals surface area contributed by atoms with Gasteiger partial charge in [-0.3, -0.25) is 9.69 Å². The van der Waals surface area contributed by atoms with Crippen molar-refractivity contribution in [1.82, 2.24) is 4.90 Å². The van der Waals surface area contributed by atoms with Crippen molar-refractivity contribution < 1.29 is 14.0 Å². The second-order valence-corrected chi connectivity index (χ2v) is 8.22. The van der Waals surface area contributed by atoms with Crippen molar-refractivity contribution in [2.24, 2.45) is 0 Å². The molecule has 5 nitrogen and oxygen atoms in total. The highest BCUT2D eigenvalue weighted by atomic mass is 19.1. The van der Waals surface area contributed by atoms with Gasteiger partial charge in [-0.2, -0.15) is 0 Å². The van der Waals surface area contributed by atoms with E-state index in [-0.39, 0.29) is 17.8 Å². The van der Waals surface area contributed by atoms with Crippen LogP contribution in [0, 0.1) is 5.82 Å². The molecule has 0 N–H and O–H groups in total. The number of anilines is 2. The van der Waals surface area contributed by atoms with Crippen molar-refractivity contribution in [1.29, 1.82) is 0 Å². The van der Waals surface area contributed by atoms with Gasteiger partial charge in [-0.05, 0) is 66.4 Å². The van der Waals surface area contributed by atoms with Gasteiger partial charge in [0.2, 0.25) is 0 Å². The standard InChI is InChI=1S/C26H24FN3O2/c27-22-7-3-5-19(17-22)18-28-14-4-15-29(26(28)32)23-11-9-21(10-12-23)25(31)30-16-13-20-6-1-2-8-24(20)30/h1-3,5-12,17H,4,13-16,18H2. The number of amides is 3. The minimum atomic E-state index is -0.301. The zero-order valence-electron chi connectivity index (χ0n) is 17.7. The lowest BCUT2D eigenvalue weighted by molar-refractivity contribution is 0.0989. The average molecular weight is 429 g/mol. The zero-order valence-corrected chi connectivity index (χ0v) is 17.7. The molecule has 3 amide bonds. The Morgan fingerprint density at radius 1 is 0.906 bits per heavy atom. The summed E-state index contributed by atoms with van der Waals surface area (Å²) in [6.45, 7) is 2.31. The van der Waals surface area contributed by atoms with Gasteiger partial charge in [0.25, 0.3) is 5.91 Å². The third-order valence-electron chi connectivity index (χ3n) is 6.13. The third-order valence-corrected chi connectivity index (χ3v) is 6.13. The molecule has 3 aromatic rings. The van der Waals surface area contributed by atoms with Gasteiger partial charge in [-0.1, -0.05) is 30.3 Å². The normalized spacial score (nSPS) is 15.8. The van der Waals surface area contributed by atoms with Crippen molar-refractivity contribution in [3.8, 4) is 0 Å². The van der Waals surface area contributed by atoms with Crippen molar-refractivity contribution in [3.05, 3.63) is 95.3 Å². The summed E-state index contributed by atoms with van der Waals surface area (Å²) in [5.74, 6) is -0.330. The summed E-state index contributed by atoms with van der Waals surface area (Å²) in [4.78, 5) is 31.4. The Morgan fingerprint density at radius 3 is 2.53 bits per heavy atom. The molecule has 1 fully saturated rings. The Bertz CT molecular complexity index is 1160. The predicted octanol–water partition coefficient (Wildman–Crippen LogP) is 4.86. The molecule has 0 unspecified atom stereocenters. The van der Waals surface area contributed by atoms with Crippen molar-refractivity contribution in [2.45, 2.75) is 19.4 Å². The monoisotopic (exact) mass is 429 g/mol. The zero-order chi connectivity index (χ0) is 22.1. The van der Waals surface area contributed by atoms with Gasteiger partial charge in [0.15, 0.2) is 0 Å². The maximum atomic E-state index is 13.5. The molecule has 3 aromatic carbocycles. The van der Waals surface area contributed by atoms with Crippen LogP contribution in [-0.2, 0) is 13.0 Å². The number of hydrogen-bond acceptors (Lipinski definition) is 2. The first-order chi connectivity index (χ1) is 15.6. The molecule has 2 aliphatic rings. The Labute approximate surface area is 186 Å². The molecule has 2 aliphatic heterocycles. The Morgan fingerprint density at radius 2 is 1.72 bits per heavy atom. The van der Waals surface area contributed by atoms with Crippen LogP contribution in [0.5, 0.6) is 0 Å². The van der Waals surface area contributed by atoms with Crippen molar-refractivity contribution in [2.75, 3.05) is 29.4 Å². The Balaban J connectivity index is 1.30. The fraction of sp³-hybridized carbons (Fsp3) is 0.231. The second kappa shape index (κ2) is 8.46.